The van der Waals surface area contributed by atoms with Gasteiger partial charge in [0.25, 0.3) is 0 Å². The summed E-state index contributed by atoms with van der Waals surface area (Å²) in [6, 6.07) is 14.3. The normalized spacial score (nSPS) is 13.1. The van der Waals surface area contributed by atoms with E-state index in [0.29, 0.717) is 36.8 Å². The number of pyridine rings is 1. The predicted octanol–water partition coefficient (Wildman–Crippen LogP) is 7.10. The molecule has 2 unspecified atom stereocenters. The van der Waals surface area contributed by atoms with E-state index in [-0.39, 0.29) is 12.4 Å². The van der Waals surface area contributed by atoms with Crippen molar-refractivity contribution < 1.29 is 9.47 Å². The van der Waals surface area contributed by atoms with Crippen LogP contribution in [-0.4, -0.2) is 30.0 Å². The number of benzene rings is 2. The van der Waals surface area contributed by atoms with Crippen LogP contribution in [0.3, 0.4) is 0 Å². The summed E-state index contributed by atoms with van der Waals surface area (Å²) in [6.07, 6.45) is 1.90. The van der Waals surface area contributed by atoms with Crippen molar-refractivity contribution in [3.8, 4) is 11.5 Å². The molecule has 6 heteroatoms. The summed E-state index contributed by atoms with van der Waals surface area (Å²) in [6.45, 7) is 5.60. The Kier molecular flexibility index (Phi) is 9.61. The third kappa shape index (κ3) is 6.80. The van der Waals surface area contributed by atoms with Crippen LogP contribution in [-0.2, 0) is 0 Å². The molecule has 2 aromatic carbocycles. The zero-order chi connectivity index (χ0) is 19.9. The van der Waals surface area contributed by atoms with Gasteiger partial charge in [-0.25, -0.2) is 4.98 Å². The molecule has 0 amide bonds. The zero-order valence-electron chi connectivity index (χ0n) is 16.9. The third-order valence-electron chi connectivity index (χ3n) is 4.83. The van der Waals surface area contributed by atoms with Crippen molar-refractivity contribution in [1.29, 1.82) is 0 Å². The van der Waals surface area contributed by atoms with Crippen molar-refractivity contribution in [3.05, 3.63) is 42.5 Å². The van der Waals surface area contributed by atoms with Crippen LogP contribution in [0.15, 0.2) is 42.5 Å². The van der Waals surface area contributed by atoms with Gasteiger partial charge in [-0.05, 0) is 55.0 Å². The third-order valence-corrected chi connectivity index (χ3v) is 5.26. The van der Waals surface area contributed by atoms with E-state index in [1.54, 1.807) is 0 Å². The monoisotopic (exact) mass is 455 g/mol. The van der Waals surface area contributed by atoms with E-state index < -0.39 is 0 Å². The first-order valence-corrected chi connectivity index (χ1v) is 10.9. The summed E-state index contributed by atoms with van der Waals surface area (Å²) in [4.78, 5) is 4.82. The lowest BCUT2D eigenvalue weighted by Crippen LogP contribution is -2.09. The van der Waals surface area contributed by atoms with E-state index in [4.69, 9.17) is 37.7 Å². The predicted molar refractivity (Wildman–Crippen MR) is 126 cm³/mol. The molecular formula is C23H28Cl3NO2. The number of rotatable bonds is 10. The molecule has 0 saturated heterocycles. The molecule has 3 rings (SSSR count). The molecule has 0 spiro atoms. The maximum Gasteiger partial charge on any atom is 0.121 e. The van der Waals surface area contributed by atoms with E-state index in [1.807, 2.05) is 24.3 Å². The van der Waals surface area contributed by atoms with Gasteiger partial charge in [0.05, 0.1) is 24.2 Å². The minimum atomic E-state index is 0. The molecule has 0 aliphatic carbocycles. The topological polar surface area (TPSA) is 31.4 Å². The minimum Gasteiger partial charge on any atom is -0.493 e. The van der Waals surface area contributed by atoms with Crippen molar-refractivity contribution in [2.24, 2.45) is 11.8 Å². The Morgan fingerprint density at radius 2 is 1.21 bits per heavy atom. The van der Waals surface area contributed by atoms with Gasteiger partial charge >= 0.3 is 0 Å². The highest BCUT2D eigenvalue weighted by Gasteiger charge is 2.07. The fraction of sp³-hybridized carbons (Fsp3) is 0.435. The van der Waals surface area contributed by atoms with Gasteiger partial charge < -0.3 is 9.47 Å². The molecule has 0 fully saturated rings. The number of alkyl halides is 2. The Labute approximate surface area is 189 Å². The van der Waals surface area contributed by atoms with Gasteiger partial charge in [-0.2, -0.15) is 0 Å². The number of nitrogens with zero attached hydrogens (tertiary/aromatic N) is 1. The molecule has 158 valence electrons. The van der Waals surface area contributed by atoms with Crippen LogP contribution in [0.25, 0.3) is 21.8 Å². The first-order valence-electron chi connectivity index (χ1n) is 9.81. The Morgan fingerprint density at radius 1 is 0.759 bits per heavy atom. The lowest BCUT2D eigenvalue weighted by Gasteiger charge is -2.13. The lowest BCUT2D eigenvalue weighted by atomic mass is 10.1. The van der Waals surface area contributed by atoms with Crippen molar-refractivity contribution in [2.45, 2.75) is 26.7 Å². The lowest BCUT2D eigenvalue weighted by molar-refractivity contribution is 0.257. The smallest absolute Gasteiger partial charge is 0.121 e. The van der Waals surface area contributed by atoms with Gasteiger partial charge in [-0.1, -0.05) is 13.8 Å². The van der Waals surface area contributed by atoms with E-state index >= 15 is 0 Å². The minimum absolute atomic E-state index is 0. The van der Waals surface area contributed by atoms with Crippen LogP contribution >= 0.6 is 35.6 Å². The standard InChI is InChI=1S/C23H27Cl2NO2.ClH/c1-16(7-9-24)14-27-20-5-3-18-11-19-4-6-21(28-15-17(2)8-10-25)13-23(19)26-22(18)12-20;/h3-6,11-13,16-17H,7-10,14-15H2,1-2H3;1H. The maximum atomic E-state index is 5.92. The van der Waals surface area contributed by atoms with Crippen LogP contribution in [0.4, 0.5) is 0 Å². The Bertz CT molecular complexity index is 848. The summed E-state index contributed by atoms with van der Waals surface area (Å²) in [5, 5.41) is 2.19. The zero-order valence-corrected chi connectivity index (χ0v) is 19.2. The Balaban J connectivity index is 0.00000300. The molecular weight excluding hydrogens is 429 g/mol. The van der Waals surface area contributed by atoms with Gasteiger partial charge in [-0.3, -0.25) is 0 Å². The van der Waals surface area contributed by atoms with Crippen molar-refractivity contribution >= 4 is 57.4 Å². The molecule has 3 nitrogen and oxygen atoms in total. The second-order valence-corrected chi connectivity index (χ2v) is 8.24. The number of halogens is 3. The van der Waals surface area contributed by atoms with E-state index in [2.05, 4.69) is 32.0 Å². The Hall–Kier alpha value is -1.42. The van der Waals surface area contributed by atoms with Crippen molar-refractivity contribution in [1.82, 2.24) is 4.98 Å². The van der Waals surface area contributed by atoms with Gasteiger partial charge in [0.1, 0.15) is 11.5 Å². The molecule has 0 saturated carbocycles. The highest BCUT2D eigenvalue weighted by molar-refractivity contribution is 6.18. The quantitative estimate of drug-likeness (QED) is 0.241. The average molecular weight is 457 g/mol. The second kappa shape index (κ2) is 11.7. The van der Waals surface area contributed by atoms with Crippen LogP contribution in [0, 0.1) is 11.8 Å². The molecule has 3 aromatic rings. The molecule has 1 aromatic heterocycles. The van der Waals surface area contributed by atoms with Gasteiger partial charge in [0, 0.05) is 34.7 Å². The highest BCUT2D eigenvalue weighted by atomic mass is 35.5. The maximum absolute atomic E-state index is 5.92. The molecule has 0 N–H and O–H groups in total. The number of hydrogen-bond donors (Lipinski definition) is 0. The van der Waals surface area contributed by atoms with Gasteiger partial charge in [-0.15, -0.1) is 35.6 Å². The molecule has 0 aliphatic heterocycles. The fourth-order valence-electron chi connectivity index (χ4n) is 2.98. The molecule has 0 radical (unpaired) electrons. The number of fused-ring (bicyclic) bond motifs is 2. The largest absolute Gasteiger partial charge is 0.493 e. The average Bonchev–Trinajstić information content (AvgIpc) is 2.69. The number of hydrogen-bond acceptors (Lipinski definition) is 3. The molecule has 1 heterocycles. The molecule has 29 heavy (non-hydrogen) atoms. The number of ether oxygens (including phenoxy) is 2. The summed E-state index contributed by atoms with van der Waals surface area (Å²) < 4.78 is 11.8. The summed E-state index contributed by atoms with van der Waals surface area (Å²) in [7, 11) is 0. The van der Waals surface area contributed by atoms with Crippen LogP contribution in [0.2, 0.25) is 0 Å². The second-order valence-electron chi connectivity index (χ2n) is 7.49. The van der Waals surface area contributed by atoms with Crippen LogP contribution in [0.1, 0.15) is 26.7 Å². The first-order chi connectivity index (χ1) is 13.6. The van der Waals surface area contributed by atoms with Gasteiger partial charge in [0.2, 0.25) is 0 Å². The SMILES string of the molecule is CC(CCCl)COc1ccc2cc3ccc(OCC(C)CCCl)cc3nc2c1.Cl. The molecule has 2 atom stereocenters. The van der Waals surface area contributed by atoms with Gasteiger partial charge in [0.15, 0.2) is 0 Å². The Morgan fingerprint density at radius 3 is 1.62 bits per heavy atom. The van der Waals surface area contributed by atoms with Crippen LogP contribution < -0.4 is 9.47 Å². The fourth-order valence-corrected chi connectivity index (χ4v) is 3.72. The first kappa shape index (κ1) is 23.9. The molecule has 0 aliphatic rings. The van der Waals surface area contributed by atoms with E-state index in [9.17, 15) is 0 Å². The van der Waals surface area contributed by atoms with E-state index in [0.717, 1.165) is 46.1 Å². The summed E-state index contributed by atoms with van der Waals surface area (Å²) in [5.74, 6) is 3.85. The highest BCUT2D eigenvalue weighted by Crippen LogP contribution is 2.26. The summed E-state index contributed by atoms with van der Waals surface area (Å²) in [5.41, 5.74) is 1.84. The van der Waals surface area contributed by atoms with Crippen molar-refractivity contribution in [2.75, 3.05) is 25.0 Å². The summed E-state index contributed by atoms with van der Waals surface area (Å²) >= 11 is 11.6. The van der Waals surface area contributed by atoms with Crippen LogP contribution in [0.5, 0.6) is 11.5 Å². The molecule has 0 bridgehead atoms. The van der Waals surface area contributed by atoms with Crippen molar-refractivity contribution in [3.63, 3.8) is 0 Å². The van der Waals surface area contributed by atoms with E-state index in [1.165, 1.54) is 0 Å². The number of aromatic nitrogens is 1.